The highest BCUT2D eigenvalue weighted by Gasteiger charge is 2.63. The smallest absolute Gasteiger partial charge is 0.421 e. The van der Waals surface area contributed by atoms with Crippen molar-refractivity contribution in [1.82, 2.24) is 0 Å². The number of amides is 2. The number of aryl methyl sites for hydroxylation is 1. The summed E-state index contributed by atoms with van der Waals surface area (Å²) in [6, 6.07) is 16.2. The van der Waals surface area contributed by atoms with Gasteiger partial charge in [-0.25, -0.2) is 9.69 Å². The number of nitrogens with zero attached hydrogens (tertiary/aromatic N) is 2. The van der Waals surface area contributed by atoms with E-state index in [0.29, 0.717) is 16.7 Å². The second-order valence-corrected chi connectivity index (χ2v) is 10.0. The van der Waals surface area contributed by atoms with E-state index in [2.05, 4.69) is 6.07 Å². The Morgan fingerprint density at radius 2 is 1.84 bits per heavy atom. The van der Waals surface area contributed by atoms with Crippen molar-refractivity contribution in [2.75, 3.05) is 11.5 Å². The van der Waals surface area contributed by atoms with E-state index in [1.807, 2.05) is 13.0 Å². The summed E-state index contributed by atoms with van der Waals surface area (Å²) in [7, 11) is 0. The van der Waals surface area contributed by atoms with Gasteiger partial charge in [-0.3, -0.25) is 9.59 Å². The predicted molar refractivity (Wildman–Crippen MR) is 138 cm³/mol. The summed E-state index contributed by atoms with van der Waals surface area (Å²) in [6.45, 7) is 8.63. The fourth-order valence-electron chi connectivity index (χ4n) is 4.95. The van der Waals surface area contributed by atoms with Crippen LogP contribution in [-0.4, -0.2) is 30.2 Å². The molecule has 1 aliphatic heterocycles. The SMILES string of the molecule is CCOC(=O)[C@H]1C=C(c2ccccc2)C(C#N)=C(N)[C@]12C(=O)N(C(=O)OC(C)(C)C)c1ccc(C)cc12. The van der Waals surface area contributed by atoms with E-state index in [4.69, 9.17) is 15.2 Å². The molecule has 8 heteroatoms. The molecule has 2 aromatic carbocycles. The normalized spacial score (nSPS) is 20.9. The number of benzene rings is 2. The van der Waals surface area contributed by atoms with Crippen LogP contribution in [0.2, 0.25) is 0 Å². The van der Waals surface area contributed by atoms with Gasteiger partial charge in [0.15, 0.2) is 0 Å². The molecule has 0 fully saturated rings. The number of fused-ring (bicyclic) bond motifs is 2. The third kappa shape index (κ3) is 4.06. The number of nitriles is 1. The van der Waals surface area contributed by atoms with E-state index in [9.17, 15) is 19.6 Å². The molecule has 2 amide bonds. The van der Waals surface area contributed by atoms with Gasteiger partial charge in [-0.2, -0.15) is 5.26 Å². The average Bonchev–Trinajstić information content (AvgIpc) is 3.08. The van der Waals surface area contributed by atoms with Crippen LogP contribution >= 0.6 is 0 Å². The number of ether oxygens (including phenoxy) is 2. The van der Waals surface area contributed by atoms with E-state index < -0.39 is 34.9 Å². The molecule has 2 N–H and O–H groups in total. The molecule has 0 unspecified atom stereocenters. The number of nitrogens with two attached hydrogens (primary N) is 1. The van der Waals surface area contributed by atoms with E-state index in [-0.39, 0.29) is 23.6 Å². The van der Waals surface area contributed by atoms with Gasteiger partial charge >= 0.3 is 12.1 Å². The minimum absolute atomic E-state index is 0.0543. The maximum atomic E-state index is 14.4. The van der Waals surface area contributed by atoms with Crippen molar-refractivity contribution in [3.63, 3.8) is 0 Å². The first kappa shape index (κ1) is 25.7. The van der Waals surface area contributed by atoms with Gasteiger partial charge in [-0.05, 0) is 57.4 Å². The number of hydrogen-bond donors (Lipinski definition) is 1. The monoisotopic (exact) mass is 499 g/mol. The highest BCUT2D eigenvalue weighted by molar-refractivity contribution is 6.24. The lowest BCUT2D eigenvalue weighted by molar-refractivity contribution is -0.150. The molecule has 8 nitrogen and oxygen atoms in total. The van der Waals surface area contributed by atoms with Gasteiger partial charge < -0.3 is 15.2 Å². The molecule has 2 aliphatic rings. The molecule has 2 aromatic rings. The Bertz CT molecular complexity index is 1390. The molecular formula is C29H29N3O5. The van der Waals surface area contributed by atoms with Crippen LogP contribution in [0.3, 0.4) is 0 Å². The minimum atomic E-state index is -1.87. The largest absolute Gasteiger partial charge is 0.465 e. The summed E-state index contributed by atoms with van der Waals surface area (Å²) in [5, 5.41) is 10.2. The molecule has 2 atom stereocenters. The summed E-state index contributed by atoms with van der Waals surface area (Å²) in [4.78, 5) is 42.1. The molecular weight excluding hydrogens is 470 g/mol. The molecule has 0 aromatic heterocycles. The van der Waals surface area contributed by atoms with Crippen LogP contribution in [0.25, 0.3) is 5.57 Å². The summed E-state index contributed by atoms with van der Waals surface area (Å²) in [5.74, 6) is -2.70. The third-order valence-electron chi connectivity index (χ3n) is 6.43. The van der Waals surface area contributed by atoms with Crippen LogP contribution in [0.1, 0.15) is 44.4 Å². The predicted octanol–water partition coefficient (Wildman–Crippen LogP) is 4.53. The summed E-state index contributed by atoms with van der Waals surface area (Å²) < 4.78 is 11.0. The maximum absolute atomic E-state index is 14.4. The Labute approximate surface area is 216 Å². The number of anilines is 1. The lowest BCUT2D eigenvalue weighted by Crippen LogP contribution is -2.54. The van der Waals surface area contributed by atoms with E-state index in [0.717, 1.165) is 10.5 Å². The van der Waals surface area contributed by atoms with Crippen LogP contribution < -0.4 is 10.6 Å². The summed E-state index contributed by atoms with van der Waals surface area (Å²) in [6.07, 6.45) is 0.663. The molecule has 4 rings (SSSR count). The van der Waals surface area contributed by atoms with Gasteiger partial charge in [-0.1, -0.05) is 54.1 Å². The molecule has 190 valence electrons. The van der Waals surface area contributed by atoms with Gasteiger partial charge in [0, 0.05) is 5.70 Å². The molecule has 0 radical (unpaired) electrons. The average molecular weight is 500 g/mol. The lowest BCUT2D eigenvalue weighted by Gasteiger charge is -2.38. The molecule has 1 heterocycles. The van der Waals surface area contributed by atoms with Crippen molar-refractivity contribution in [3.8, 4) is 6.07 Å². The zero-order chi connectivity index (χ0) is 27.1. The number of rotatable bonds is 3. The number of imide groups is 1. The van der Waals surface area contributed by atoms with Crippen LogP contribution in [-0.2, 0) is 24.5 Å². The molecule has 1 aliphatic carbocycles. The highest BCUT2D eigenvalue weighted by atomic mass is 16.6. The van der Waals surface area contributed by atoms with Crippen molar-refractivity contribution < 1.29 is 23.9 Å². The Balaban J connectivity index is 2.05. The van der Waals surface area contributed by atoms with E-state index >= 15 is 0 Å². The lowest BCUT2D eigenvalue weighted by atomic mass is 9.63. The van der Waals surface area contributed by atoms with Gasteiger partial charge in [-0.15, -0.1) is 0 Å². The molecule has 0 saturated heterocycles. The standard InChI is InChI=1S/C29H29N3O5/c1-6-36-25(33)22-15-19(18-10-8-7-9-11-18)20(16-30)24(31)29(22)21-14-17(2)12-13-23(21)32(26(29)34)27(35)37-28(3,4)5/h7-15,22H,6,31H2,1-5H3/t22-,29-/m1/s1. The fraction of sp³-hybridized carbons (Fsp3) is 0.310. The first-order valence-electron chi connectivity index (χ1n) is 12.0. The van der Waals surface area contributed by atoms with Crippen molar-refractivity contribution >= 4 is 29.2 Å². The Morgan fingerprint density at radius 3 is 2.43 bits per heavy atom. The zero-order valence-electron chi connectivity index (χ0n) is 21.5. The summed E-state index contributed by atoms with van der Waals surface area (Å²) in [5.41, 5.74) is 6.37. The quantitative estimate of drug-likeness (QED) is 0.616. The van der Waals surface area contributed by atoms with Crippen LogP contribution in [0.15, 0.2) is 65.9 Å². The molecule has 0 bridgehead atoms. The van der Waals surface area contributed by atoms with Gasteiger partial charge in [0.25, 0.3) is 5.91 Å². The maximum Gasteiger partial charge on any atom is 0.421 e. The number of carbonyl (C=O) groups excluding carboxylic acids is 3. The Kier molecular flexibility index (Phi) is 6.42. The summed E-state index contributed by atoms with van der Waals surface area (Å²) >= 11 is 0. The van der Waals surface area contributed by atoms with Crippen LogP contribution in [0.5, 0.6) is 0 Å². The number of allylic oxidation sites excluding steroid dienone is 2. The molecule has 0 saturated carbocycles. The molecule has 37 heavy (non-hydrogen) atoms. The van der Waals surface area contributed by atoms with Crippen molar-refractivity contribution in [2.24, 2.45) is 11.7 Å². The third-order valence-corrected chi connectivity index (χ3v) is 6.43. The fourth-order valence-corrected chi connectivity index (χ4v) is 4.95. The van der Waals surface area contributed by atoms with E-state index in [1.165, 1.54) is 0 Å². The zero-order valence-corrected chi connectivity index (χ0v) is 21.5. The number of esters is 1. The number of carbonyl (C=O) groups is 3. The second-order valence-electron chi connectivity index (χ2n) is 10.0. The van der Waals surface area contributed by atoms with E-state index in [1.54, 1.807) is 76.2 Å². The Morgan fingerprint density at radius 1 is 1.16 bits per heavy atom. The van der Waals surface area contributed by atoms with Gasteiger partial charge in [0.2, 0.25) is 0 Å². The Hall–Kier alpha value is -4.38. The first-order chi connectivity index (χ1) is 17.5. The van der Waals surface area contributed by atoms with Gasteiger partial charge in [0.1, 0.15) is 23.0 Å². The van der Waals surface area contributed by atoms with Gasteiger partial charge in [0.05, 0.1) is 17.9 Å². The van der Waals surface area contributed by atoms with Crippen molar-refractivity contribution in [3.05, 3.63) is 82.6 Å². The topological polar surface area (TPSA) is 123 Å². The van der Waals surface area contributed by atoms with Crippen LogP contribution in [0.4, 0.5) is 10.5 Å². The number of hydrogen-bond acceptors (Lipinski definition) is 7. The van der Waals surface area contributed by atoms with Crippen LogP contribution in [0, 0.1) is 24.2 Å². The first-order valence-corrected chi connectivity index (χ1v) is 12.0. The second kappa shape index (κ2) is 9.25. The molecule has 1 spiro atoms. The highest BCUT2D eigenvalue weighted by Crippen LogP contribution is 2.55. The van der Waals surface area contributed by atoms with Crippen molar-refractivity contribution in [1.29, 1.82) is 5.26 Å². The minimum Gasteiger partial charge on any atom is -0.465 e. The van der Waals surface area contributed by atoms with Crippen molar-refractivity contribution in [2.45, 2.75) is 45.6 Å².